The van der Waals surface area contributed by atoms with Gasteiger partial charge in [0.2, 0.25) is 5.91 Å². The summed E-state index contributed by atoms with van der Waals surface area (Å²) >= 11 is 5.11. The third-order valence-electron chi connectivity index (χ3n) is 3.91. The van der Waals surface area contributed by atoms with Gasteiger partial charge in [0.1, 0.15) is 0 Å². The molecule has 5 nitrogen and oxygen atoms in total. The van der Waals surface area contributed by atoms with E-state index in [1.54, 1.807) is 40.5 Å². The Labute approximate surface area is 167 Å². The maximum atomic E-state index is 12.4. The highest BCUT2D eigenvalue weighted by Gasteiger charge is 2.14. The Kier molecular flexibility index (Phi) is 7.81. The molecular formula is C19H24BrN3O2S. The number of halogens is 1. The number of anilines is 1. The van der Waals surface area contributed by atoms with Gasteiger partial charge in [-0.05, 0) is 67.2 Å². The standard InChI is InChI=1S/C19H24BrN3O2S/c1-4-23(5-2)19(25)14-7-6-8-15(11-14)21-18(24)13-22(3)12-16-9-10-17(20)26-16/h6-11H,4-5,12-13H2,1-3H3,(H,21,24). The van der Waals surface area contributed by atoms with Crippen molar-refractivity contribution in [3.8, 4) is 0 Å². The third kappa shape index (κ3) is 5.93. The first kappa shape index (κ1) is 20.6. The minimum Gasteiger partial charge on any atom is -0.339 e. The molecule has 0 bridgehead atoms. The Balaban J connectivity index is 1.94. The first-order valence-corrected chi connectivity index (χ1v) is 10.2. The van der Waals surface area contributed by atoms with E-state index in [1.165, 1.54) is 4.88 Å². The molecule has 0 aliphatic heterocycles. The van der Waals surface area contributed by atoms with Gasteiger partial charge in [-0.25, -0.2) is 0 Å². The number of benzene rings is 1. The molecule has 0 atom stereocenters. The van der Waals surface area contributed by atoms with Crippen molar-refractivity contribution >= 4 is 44.8 Å². The molecule has 0 saturated carbocycles. The first-order valence-electron chi connectivity index (χ1n) is 8.54. The Bertz CT molecular complexity index is 759. The molecule has 0 spiro atoms. The van der Waals surface area contributed by atoms with Crippen molar-refractivity contribution < 1.29 is 9.59 Å². The molecule has 1 aromatic heterocycles. The summed E-state index contributed by atoms with van der Waals surface area (Å²) in [6, 6.07) is 11.1. The molecule has 2 aromatic rings. The van der Waals surface area contributed by atoms with E-state index in [0.29, 0.717) is 30.9 Å². The van der Waals surface area contributed by atoms with Crippen LogP contribution < -0.4 is 5.32 Å². The molecule has 0 aliphatic rings. The Hall–Kier alpha value is -1.70. The van der Waals surface area contributed by atoms with Gasteiger partial charge in [-0.1, -0.05) is 6.07 Å². The fourth-order valence-corrected chi connectivity index (χ4v) is 4.19. The zero-order valence-electron chi connectivity index (χ0n) is 15.3. The summed E-state index contributed by atoms with van der Waals surface area (Å²) in [6.45, 7) is 6.23. The first-order chi connectivity index (χ1) is 12.4. The molecular weight excluding hydrogens is 414 g/mol. The molecule has 26 heavy (non-hydrogen) atoms. The van der Waals surface area contributed by atoms with Gasteiger partial charge in [-0.2, -0.15) is 0 Å². The van der Waals surface area contributed by atoms with Crippen molar-refractivity contribution in [3.63, 3.8) is 0 Å². The molecule has 140 valence electrons. The van der Waals surface area contributed by atoms with Gasteiger partial charge in [0.05, 0.1) is 10.3 Å². The summed E-state index contributed by atoms with van der Waals surface area (Å²) in [7, 11) is 1.91. The minimum atomic E-state index is -0.101. The fourth-order valence-electron chi connectivity index (χ4n) is 2.63. The average molecular weight is 438 g/mol. The van der Waals surface area contributed by atoms with Gasteiger partial charge in [-0.3, -0.25) is 14.5 Å². The SMILES string of the molecule is CCN(CC)C(=O)c1cccc(NC(=O)CN(C)Cc2ccc(Br)s2)c1. The highest BCUT2D eigenvalue weighted by molar-refractivity contribution is 9.11. The summed E-state index contributed by atoms with van der Waals surface area (Å²) < 4.78 is 1.08. The number of nitrogens with one attached hydrogen (secondary N) is 1. The molecule has 0 fully saturated rings. The summed E-state index contributed by atoms with van der Waals surface area (Å²) in [5.74, 6) is -0.123. The molecule has 0 unspecified atom stereocenters. The largest absolute Gasteiger partial charge is 0.339 e. The van der Waals surface area contributed by atoms with Gasteiger partial charge in [-0.15, -0.1) is 11.3 Å². The van der Waals surface area contributed by atoms with Gasteiger partial charge in [0, 0.05) is 35.8 Å². The second kappa shape index (κ2) is 9.85. The number of carbonyl (C=O) groups excluding carboxylic acids is 2. The van der Waals surface area contributed by atoms with Crippen LogP contribution in [0.25, 0.3) is 0 Å². The molecule has 2 amide bonds. The van der Waals surface area contributed by atoms with E-state index in [-0.39, 0.29) is 18.4 Å². The monoisotopic (exact) mass is 437 g/mol. The number of hydrogen-bond acceptors (Lipinski definition) is 4. The van der Waals surface area contributed by atoms with Gasteiger partial charge in [0.15, 0.2) is 0 Å². The lowest BCUT2D eigenvalue weighted by molar-refractivity contribution is -0.117. The second-order valence-electron chi connectivity index (χ2n) is 5.98. The summed E-state index contributed by atoms with van der Waals surface area (Å²) in [5.41, 5.74) is 1.23. The minimum absolute atomic E-state index is 0.0218. The molecule has 1 N–H and O–H groups in total. The highest BCUT2D eigenvalue weighted by Crippen LogP contribution is 2.23. The molecule has 0 aliphatic carbocycles. The molecule has 7 heteroatoms. The van der Waals surface area contributed by atoms with Crippen LogP contribution in [0.15, 0.2) is 40.2 Å². The molecule has 0 saturated heterocycles. The van der Waals surface area contributed by atoms with Crippen molar-refractivity contribution in [1.29, 1.82) is 0 Å². The van der Waals surface area contributed by atoms with Crippen LogP contribution in [-0.2, 0) is 11.3 Å². The van der Waals surface area contributed by atoms with E-state index in [1.807, 2.05) is 37.9 Å². The van der Waals surface area contributed by atoms with E-state index in [0.717, 1.165) is 3.79 Å². The van der Waals surface area contributed by atoms with E-state index in [2.05, 4.69) is 21.2 Å². The highest BCUT2D eigenvalue weighted by atomic mass is 79.9. The smallest absolute Gasteiger partial charge is 0.253 e. The van der Waals surface area contributed by atoms with Crippen molar-refractivity contribution in [2.75, 3.05) is 32.0 Å². The number of likely N-dealkylation sites (N-methyl/N-ethyl adjacent to an activating group) is 1. The third-order valence-corrected chi connectivity index (χ3v) is 5.52. The van der Waals surface area contributed by atoms with Crippen LogP contribution in [0.2, 0.25) is 0 Å². The van der Waals surface area contributed by atoms with Gasteiger partial charge in [0.25, 0.3) is 5.91 Å². The number of carbonyl (C=O) groups is 2. The van der Waals surface area contributed by atoms with Crippen LogP contribution >= 0.6 is 27.3 Å². The molecule has 2 rings (SSSR count). The summed E-state index contributed by atoms with van der Waals surface area (Å²) in [5, 5.41) is 2.88. The van der Waals surface area contributed by atoms with Crippen LogP contribution in [0, 0.1) is 0 Å². The topological polar surface area (TPSA) is 52.7 Å². The van der Waals surface area contributed by atoms with Gasteiger partial charge >= 0.3 is 0 Å². The predicted molar refractivity (Wildman–Crippen MR) is 111 cm³/mol. The number of rotatable bonds is 8. The lowest BCUT2D eigenvalue weighted by Crippen LogP contribution is -2.31. The molecule has 0 radical (unpaired) electrons. The lowest BCUT2D eigenvalue weighted by atomic mass is 10.1. The number of amides is 2. The average Bonchev–Trinajstić information content (AvgIpc) is 3.00. The Morgan fingerprint density at radius 1 is 1.15 bits per heavy atom. The zero-order chi connectivity index (χ0) is 19.1. The summed E-state index contributed by atoms with van der Waals surface area (Å²) in [4.78, 5) is 29.6. The van der Waals surface area contributed by atoms with Crippen molar-refractivity contribution in [2.45, 2.75) is 20.4 Å². The predicted octanol–water partition coefficient (Wildman–Crippen LogP) is 4.06. The van der Waals surface area contributed by atoms with Crippen molar-refractivity contribution in [3.05, 3.63) is 50.6 Å². The Morgan fingerprint density at radius 2 is 1.88 bits per heavy atom. The maximum Gasteiger partial charge on any atom is 0.253 e. The maximum absolute atomic E-state index is 12.4. The van der Waals surface area contributed by atoms with E-state index < -0.39 is 0 Å². The number of nitrogens with zero attached hydrogens (tertiary/aromatic N) is 2. The van der Waals surface area contributed by atoms with Crippen molar-refractivity contribution in [2.24, 2.45) is 0 Å². The number of hydrogen-bond donors (Lipinski definition) is 1. The number of thiophene rings is 1. The van der Waals surface area contributed by atoms with Crippen LogP contribution in [0.4, 0.5) is 5.69 Å². The van der Waals surface area contributed by atoms with E-state index in [4.69, 9.17) is 0 Å². The quantitative estimate of drug-likeness (QED) is 0.676. The normalized spacial score (nSPS) is 10.8. The van der Waals surface area contributed by atoms with E-state index in [9.17, 15) is 9.59 Å². The van der Waals surface area contributed by atoms with Crippen molar-refractivity contribution in [1.82, 2.24) is 9.80 Å². The van der Waals surface area contributed by atoms with Crippen LogP contribution in [0.3, 0.4) is 0 Å². The van der Waals surface area contributed by atoms with Gasteiger partial charge < -0.3 is 10.2 Å². The lowest BCUT2D eigenvalue weighted by Gasteiger charge is -2.19. The summed E-state index contributed by atoms with van der Waals surface area (Å²) in [6.07, 6.45) is 0. The Morgan fingerprint density at radius 3 is 2.50 bits per heavy atom. The molecule has 1 aromatic carbocycles. The van der Waals surface area contributed by atoms with E-state index >= 15 is 0 Å². The molecule has 1 heterocycles. The zero-order valence-corrected chi connectivity index (χ0v) is 17.7. The second-order valence-corrected chi connectivity index (χ2v) is 8.53. The van der Waals surface area contributed by atoms with Crippen LogP contribution in [-0.4, -0.2) is 48.3 Å². The fraction of sp³-hybridized carbons (Fsp3) is 0.368. The van der Waals surface area contributed by atoms with Crippen LogP contribution in [0.1, 0.15) is 29.1 Å². The van der Waals surface area contributed by atoms with Crippen LogP contribution in [0.5, 0.6) is 0 Å².